The van der Waals surface area contributed by atoms with E-state index in [1.54, 1.807) is 0 Å². The van der Waals surface area contributed by atoms with Crippen molar-refractivity contribution in [3.05, 3.63) is 39.6 Å². The summed E-state index contributed by atoms with van der Waals surface area (Å²) >= 11 is 11.2. The fraction of sp³-hybridized carbons (Fsp3) is 0.421. The molecular weight excluding hydrogens is 580 g/mol. The third-order valence-electron chi connectivity index (χ3n) is 5.69. The molecule has 1 fully saturated rings. The Bertz CT molecular complexity index is 1360. The monoisotopic (exact) mass is 594 g/mol. The first-order valence-electron chi connectivity index (χ1n) is 10.1. The van der Waals surface area contributed by atoms with Gasteiger partial charge in [-0.3, -0.25) is 4.79 Å². The number of rotatable bonds is 6. The lowest BCUT2D eigenvalue weighted by molar-refractivity contribution is -0.292. The van der Waals surface area contributed by atoms with Gasteiger partial charge in [-0.2, -0.15) is 57.9 Å². The van der Waals surface area contributed by atoms with Gasteiger partial charge in [-0.1, -0.05) is 11.6 Å². The van der Waals surface area contributed by atoms with Gasteiger partial charge in [0.05, 0.1) is 22.7 Å². The average molecular weight is 595 g/mol. The Labute approximate surface area is 217 Å². The average Bonchev–Trinajstić information content (AvgIpc) is 3.09. The zero-order valence-corrected chi connectivity index (χ0v) is 20.7. The first-order valence-corrected chi connectivity index (χ1v) is 11.8. The van der Waals surface area contributed by atoms with Crippen LogP contribution in [0.5, 0.6) is 0 Å². The van der Waals surface area contributed by atoms with Gasteiger partial charge in [-0.25, -0.2) is 9.36 Å². The van der Waals surface area contributed by atoms with Crippen molar-refractivity contribution in [1.29, 1.82) is 0 Å². The number of nitrogens with two attached hydrogens (primary N) is 1. The lowest BCUT2D eigenvalue weighted by Gasteiger charge is -2.20. The van der Waals surface area contributed by atoms with Gasteiger partial charge in [-0.05, 0) is 18.9 Å². The topological polar surface area (TPSA) is 90.8 Å². The van der Waals surface area contributed by atoms with Crippen LogP contribution in [0.1, 0.15) is 34.5 Å². The molecule has 1 amide bonds. The predicted molar refractivity (Wildman–Crippen MR) is 120 cm³/mol. The van der Waals surface area contributed by atoms with Gasteiger partial charge in [0.2, 0.25) is 0 Å². The van der Waals surface area contributed by atoms with Crippen molar-refractivity contribution in [1.82, 2.24) is 24.9 Å². The van der Waals surface area contributed by atoms with Gasteiger partial charge < -0.3 is 11.1 Å². The SMILES string of the molecule is Cn1nc(C(F)(F)C(F)(F)F)c(C(F)(F)F)c1-n1cc(-c2cc(C(=O)NC3(C(N)S)CC3)c(Cl)s2)cn1. The van der Waals surface area contributed by atoms with E-state index >= 15 is 0 Å². The molecule has 0 radical (unpaired) electrons. The number of halogens is 9. The Morgan fingerprint density at radius 1 is 1.24 bits per heavy atom. The number of carbonyl (C=O) groups excluding carboxylic acids is 1. The number of alkyl halides is 8. The molecule has 1 unspecified atom stereocenters. The molecule has 1 aliphatic rings. The second-order valence-electron chi connectivity index (χ2n) is 8.27. The van der Waals surface area contributed by atoms with E-state index in [0.29, 0.717) is 17.5 Å². The Morgan fingerprint density at radius 3 is 2.38 bits per heavy atom. The molecule has 202 valence electrons. The van der Waals surface area contributed by atoms with Crippen LogP contribution in [0, 0.1) is 0 Å². The number of nitrogens with one attached hydrogen (secondary N) is 1. The maximum Gasteiger partial charge on any atom is 0.459 e. The van der Waals surface area contributed by atoms with Crippen LogP contribution in [0.3, 0.4) is 0 Å². The molecule has 1 atom stereocenters. The lowest BCUT2D eigenvalue weighted by Crippen LogP contribution is -2.47. The largest absolute Gasteiger partial charge is 0.459 e. The zero-order valence-electron chi connectivity index (χ0n) is 18.3. The third-order valence-corrected chi connectivity index (χ3v) is 7.59. The Hall–Kier alpha value is -2.37. The molecule has 1 aliphatic carbocycles. The number of aromatic nitrogens is 4. The fourth-order valence-corrected chi connectivity index (χ4v) is 5.11. The number of hydrogen-bond donors (Lipinski definition) is 3. The van der Waals surface area contributed by atoms with Gasteiger partial charge in [0.25, 0.3) is 5.91 Å². The number of thiol groups is 1. The minimum atomic E-state index is -6.32. The molecule has 0 bridgehead atoms. The van der Waals surface area contributed by atoms with E-state index in [0.717, 1.165) is 30.8 Å². The number of thiophene rings is 1. The van der Waals surface area contributed by atoms with E-state index in [-0.39, 0.29) is 25.0 Å². The van der Waals surface area contributed by atoms with E-state index in [4.69, 9.17) is 17.3 Å². The van der Waals surface area contributed by atoms with Crippen molar-refractivity contribution in [2.45, 2.75) is 42.0 Å². The Kier molecular flexibility index (Phi) is 6.61. The van der Waals surface area contributed by atoms with E-state index in [9.17, 15) is 39.9 Å². The van der Waals surface area contributed by atoms with Gasteiger partial charge in [0.1, 0.15) is 9.90 Å². The number of carbonyl (C=O) groups is 1. The summed E-state index contributed by atoms with van der Waals surface area (Å²) in [4.78, 5) is 12.9. The van der Waals surface area contributed by atoms with Crippen LogP contribution in [0.25, 0.3) is 16.3 Å². The lowest BCUT2D eigenvalue weighted by atomic mass is 10.1. The van der Waals surface area contributed by atoms with Gasteiger partial charge >= 0.3 is 18.3 Å². The highest BCUT2D eigenvalue weighted by Gasteiger charge is 2.64. The summed E-state index contributed by atoms with van der Waals surface area (Å²) in [5, 5.41) is 8.66. The molecule has 37 heavy (non-hydrogen) atoms. The molecule has 3 heterocycles. The van der Waals surface area contributed by atoms with E-state index in [1.165, 1.54) is 6.07 Å². The van der Waals surface area contributed by atoms with Crippen molar-refractivity contribution in [3.8, 4) is 16.3 Å². The summed E-state index contributed by atoms with van der Waals surface area (Å²) in [6, 6.07) is 1.33. The van der Waals surface area contributed by atoms with Crippen LogP contribution in [0.2, 0.25) is 4.34 Å². The fourth-order valence-electron chi connectivity index (χ4n) is 3.55. The normalized spacial score (nSPS) is 16.6. The molecule has 0 aromatic carbocycles. The summed E-state index contributed by atoms with van der Waals surface area (Å²) in [6.07, 6.45) is -8.76. The maximum atomic E-state index is 13.9. The zero-order chi connectivity index (χ0) is 27.7. The van der Waals surface area contributed by atoms with Gasteiger partial charge in [0.15, 0.2) is 11.5 Å². The molecule has 18 heteroatoms. The first-order chi connectivity index (χ1) is 16.9. The highest BCUT2D eigenvalue weighted by Crippen LogP contribution is 2.49. The Morgan fingerprint density at radius 2 is 1.86 bits per heavy atom. The van der Waals surface area contributed by atoms with Crippen molar-refractivity contribution >= 4 is 41.5 Å². The van der Waals surface area contributed by atoms with Crippen LogP contribution in [0.4, 0.5) is 35.1 Å². The second kappa shape index (κ2) is 8.84. The highest BCUT2D eigenvalue weighted by atomic mass is 35.5. The number of amides is 1. The number of hydrogen-bond acceptors (Lipinski definition) is 6. The first kappa shape index (κ1) is 27.7. The van der Waals surface area contributed by atoms with E-state index in [1.807, 2.05) is 0 Å². The van der Waals surface area contributed by atoms with Crippen LogP contribution in [-0.4, -0.2) is 42.6 Å². The van der Waals surface area contributed by atoms with Crippen molar-refractivity contribution in [2.24, 2.45) is 12.8 Å². The van der Waals surface area contributed by atoms with Gasteiger partial charge in [-0.15, -0.1) is 11.3 Å². The second-order valence-corrected chi connectivity index (χ2v) is 10.5. The van der Waals surface area contributed by atoms with Crippen molar-refractivity contribution in [3.63, 3.8) is 0 Å². The molecule has 0 aliphatic heterocycles. The molecule has 3 aromatic heterocycles. The summed E-state index contributed by atoms with van der Waals surface area (Å²) in [5.41, 5.74) is 0.424. The summed E-state index contributed by atoms with van der Waals surface area (Å²) in [5.74, 6) is -7.62. The number of nitrogens with zero attached hydrogens (tertiary/aromatic N) is 4. The van der Waals surface area contributed by atoms with Crippen LogP contribution >= 0.6 is 35.6 Å². The summed E-state index contributed by atoms with van der Waals surface area (Å²) in [6.45, 7) is 0. The summed E-state index contributed by atoms with van der Waals surface area (Å²) < 4.78 is 108. The standard InChI is InChI=1S/C19H15ClF8N6OS2/c1-33-14(10(18(23,24)25)11(32-33)17(21,22)19(26,27)28)34-6-7(5-30-34)9-4-8(12(20)37-9)13(35)31-16(2-3-16)15(29)36/h4-6,15,36H,2-3,29H2,1H3,(H,31,35). The third kappa shape index (κ3) is 4.81. The predicted octanol–water partition coefficient (Wildman–Crippen LogP) is 5.14. The minimum absolute atomic E-state index is 0.0346. The molecular formula is C19H15ClF8N6OS2. The van der Waals surface area contributed by atoms with Crippen molar-refractivity contribution < 1.29 is 39.9 Å². The van der Waals surface area contributed by atoms with Crippen LogP contribution in [-0.2, 0) is 19.1 Å². The highest BCUT2D eigenvalue weighted by molar-refractivity contribution is 7.81. The summed E-state index contributed by atoms with van der Waals surface area (Å²) in [7, 11) is 0.770. The molecule has 4 rings (SSSR count). The van der Waals surface area contributed by atoms with Crippen molar-refractivity contribution in [2.75, 3.05) is 0 Å². The molecule has 3 N–H and O–H groups in total. The molecule has 0 spiro atoms. The van der Waals surface area contributed by atoms with E-state index in [2.05, 4.69) is 28.1 Å². The Balaban J connectivity index is 1.72. The molecule has 0 saturated heterocycles. The van der Waals surface area contributed by atoms with Gasteiger partial charge in [0, 0.05) is 23.7 Å². The minimum Gasteiger partial charge on any atom is -0.344 e. The van der Waals surface area contributed by atoms with E-state index < -0.39 is 52.2 Å². The molecule has 3 aromatic rings. The number of aryl methyl sites for hydroxylation is 1. The molecule has 7 nitrogen and oxygen atoms in total. The maximum absolute atomic E-state index is 13.9. The van der Waals surface area contributed by atoms with Crippen LogP contribution in [0.15, 0.2) is 18.5 Å². The smallest absolute Gasteiger partial charge is 0.344 e. The molecule has 1 saturated carbocycles. The van der Waals surface area contributed by atoms with Crippen LogP contribution < -0.4 is 11.1 Å². The quantitative estimate of drug-likeness (QED) is 0.210.